The molecule has 2 rings (SSSR count). The summed E-state index contributed by atoms with van der Waals surface area (Å²) < 4.78 is 32.6. The Kier molecular flexibility index (Phi) is 4.83. The van der Waals surface area contributed by atoms with Gasteiger partial charge in [0.1, 0.15) is 10.8 Å². The van der Waals surface area contributed by atoms with Crippen LogP contribution in [-0.2, 0) is 29.7 Å². The van der Waals surface area contributed by atoms with Gasteiger partial charge in [0.25, 0.3) is 9.05 Å². The fourth-order valence-corrected chi connectivity index (χ4v) is 3.85. The number of hydrogen-bond donors (Lipinski definition) is 0. The molecule has 0 radical (unpaired) electrons. The first-order chi connectivity index (χ1) is 8.95. The second-order valence-corrected chi connectivity index (χ2v) is 8.11. The van der Waals surface area contributed by atoms with E-state index < -0.39 is 15.0 Å². The van der Waals surface area contributed by atoms with Crippen molar-refractivity contribution in [2.24, 2.45) is 0 Å². The van der Waals surface area contributed by atoms with Crippen LogP contribution in [0.3, 0.4) is 0 Å². The van der Waals surface area contributed by atoms with Crippen LogP contribution in [0.5, 0.6) is 0 Å². The van der Waals surface area contributed by atoms with Gasteiger partial charge in [-0.25, -0.2) is 8.42 Å². The van der Waals surface area contributed by atoms with Crippen LogP contribution in [0, 0.1) is 0 Å². The van der Waals surface area contributed by atoms with Gasteiger partial charge in [0.05, 0.1) is 12.5 Å². The van der Waals surface area contributed by atoms with Gasteiger partial charge in [-0.05, 0) is 25.0 Å². The third-order valence-electron chi connectivity index (χ3n) is 2.65. The molecule has 1 aliphatic heterocycles. The molecule has 0 aromatic carbocycles. The van der Waals surface area contributed by atoms with Gasteiger partial charge in [-0.3, -0.25) is 4.79 Å². The SMILES string of the molecule is O=C(Cc1ccc(S(=O)(=O)Cl)s1)OCC1CCCO1. The number of carbonyl (C=O) groups excluding carboxylic acids is 1. The van der Waals surface area contributed by atoms with Crippen LogP contribution in [0.15, 0.2) is 16.3 Å². The molecule has 1 saturated heterocycles. The number of thiophene rings is 1. The average molecular weight is 325 g/mol. The van der Waals surface area contributed by atoms with Crippen molar-refractivity contribution in [2.45, 2.75) is 29.6 Å². The lowest BCUT2D eigenvalue weighted by Crippen LogP contribution is -2.18. The fourth-order valence-electron chi connectivity index (χ4n) is 1.74. The number of rotatable bonds is 5. The predicted octanol–water partition coefficient (Wildman–Crippen LogP) is 1.94. The van der Waals surface area contributed by atoms with E-state index in [1.165, 1.54) is 6.07 Å². The molecule has 2 heterocycles. The van der Waals surface area contributed by atoms with Crippen LogP contribution >= 0.6 is 22.0 Å². The molecule has 0 spiro atoms. The van der Waals surface area contributed by atoms with Gasteiger partial charge in [-0.2, -0.15) is 0 Å². The molecule has 8 heteroatoms. The molecule has 19 heavy (non-hydrogen) atoms. The monoisotopic (exact) mass is 324 g/mol. The zero-order valence-electron chi connectivity index (χ0n) is 10.0. The van der Waals surface area contributed by atoms with E-state index in [1.807, 2.05) is 0 Å². The Labute approximate surface area is 119 Å². The number of ether oxygens (including phenoxy) is 2. The lowest BCUT2D eigenvalue weighted by Gasteiger charge is -2.09. The number of carbonyl (C=O) groups is 1. The fraction of sp³-hybridized carbons (Fsp3) is 0.545. The van der Waals surface area contributed by atoms with Gasteiger partial charge in [0.15, 0.2) is 0 Å². The van der Waals surface area contributed by atoms with E-state index in [0.29, 0.717) is 11.5 Å². The van der Waals surface area contributed by atoms with Crippen LogP contribution in [-0.4, -0.2) is 33.7 Å². The van der Waals surface area contributed by atoms with Gasteiger partial charge in [0, 0.05) is 22.2 Å². The van der Waals surface area contributed by atoms with E-state index in [9.17, 15) is 13.2 Å². The first-order valence-electron chi connectivity index (χ1n) is 5.76. The molecule has 0 N–H and O–H groups in total. The summed E-state index contributed by atoms with van der Waals surface area (Å²) in [6, 6.07) is 2.95. The zero-order chi connectivity index (χ0) is 13.9. The minimum atomic E-state index is -3.72. The lowest BCUT2D eigenvalue weighted by molar-refractivity contribution is -0.145. The normalized spacial score (nSPS) is 19.5. The molecule has 1 unspecified atom stereocenters. The molecule has 0 amide bonds. The van der Waals surface area contributed by atoms with Crippen molar-refractivity contribution in [2.75, 3.05) is 13.2 Å². The first kappa shape index (κ1) is 14.8. The molecule has 0 saturated carbocycles. The second-order valence-electron chi connectivity index (χ2n) is 4.15. The quantitative estimate of drug-likeness (QED) is 0.611. The molecule has 0 bridgehead atoms. The summed E-state index contributed by atoms with van der Waals surface area (Å²) in [5, 5.41) is 0. The summed E-state index contributed by atoms with van der Waals surface area (Å²) in [5.74, 6) is -0.393. The maximum Gasteiger partial charge on any atom is 0.311 e. The van der Waals surface area contributed by atoms with Crippen LogP contribution < -0.4 is 0 Å². The summed E-state index contributed by atoms with van der Waals surface area (Å²) >= 11 is 0.974. The molecule has 1 aliphatic rings. The van der Waals surface area contributed by atoms with Crippen molar-refractivity contribution >= 4 is 37.0 Å². The van der Waals surface area contributed by atoms with E-state index in [2.05, 4.69) is 0 Å². The van der Waals surface area contributed by atoms with Crippen molar-refractivity contribution in [3.63, 3.8) is 0 Å². The summed E-state index contributed by atoms with van der Waals surface area (Å²) in [7, 11) is 1.48. The van der Waals surface area contributed by atoms with Gasteiger partial charge >= 0.3 is 5.97 Å². The highest BCUT2D eigenvalue weighted by atomic mass is 35.7. The Hall–Kier alpha value is -0.630. The van der Waals surface area contributed by atoms with Gasteiger partial charge in [0.2, 0.25) is 0 Å². The molecule has 5 nitrogen and oxygen atoms in total. The highest BCUT2D eigenvalue weighted by Crippen LogP contribution is 2.25. The number of esters is 1. The van der Waals surface area contributed by atoms with Gasteiger partial charge in [-0.1, -0.05) is 0 Å². The third-order valence-corrected chi connectivity index (χ3v) is 5.83. The minimum absolute atomic E-state index is 0.00827. The van der Waals surface area contributed by atoms with Crippen LogP contribution in [0.1, 0.15) is 17.7 Å². The van der Waals surface area contributed by atoms with E-state index in [0.717, 1.165) is 24.2 Å². The third kappa shape index (κ3) is 4.45. The summed E-state index contributed by atoms with van der Waals surface area (Å²) in [4.78, 5) is 12.2. The van der Waals surface area contributed by atoms with E-state index >= 15 is 0 Å². The Morgan fingerprint density at radius 1 is 1.53 bits per heavy atom. The van der Waals surface area contributed by atoms with Crippen LogP contribution in [0.4, 0.5) is 0 Å². The number of hydrogen-bond acceptors (Lipinski definition) is 6. The Balaban J connectivity index is 1.83. The van der Waals surface area contributed by atoms with E-state index in [1.54, 1.807) is 6.07 Å². The largest absolute Gasteiger partial charge is 0.463 e. The van der Waals surface area contributed by atoms with Crippen LogP contribution in [0.25, 0.3) is 0 Å². The average Bonchev–Trinajstić information content (AvgIpc) is 2.95. The molecule has 0 aliphatic carbocycles. The van der Waals surface area contributed by atoms with E-state index in [-0.39, 0.29) is 23.3 Å². The molecule has 1 atom stereocenters. The maximum atomic E-state index is 11.6. The van der Waals surface area contributed by atoms with Crippen molar-refractivity contribution < 1.29 is 22.7 Å². The van der Waals surface area contributed by atoms with Crippen molar-refractivity contribution in [3.05, 3.63) is 17.0 Å². The topological polar surface area (TPSA) is 69.7 Å². The van der Waals surface area contributed by atoms with Crippen LogP contribution in [0.2, 0.25) is 0 Å². The van der Waals surface area contributed by atoms with Crippen molar-refractivity contribution in [3.8, 4) is 0 Å². The highest BCUT2D eigenvalue weighted by Gasteiger charge is 2.19. The standard InChI is InChI=1S/C11H13ClO5S2/c12-19(14,15)11-4-3-9(18-11)6-10(13)17-7-8-2-1-5-16-8/h3-4,8H,1-2,5-7H2. The Morgan fingerprint density at radius 2 is 2.32 bits per heavy atom. The lowest BCUT2D eigenvalue weighted by atomic mass is 10.2. The van der Waals surface area contributed by atoms with Gasteiger partial charge < -0.3 is 9.47 Å². The molecular weight excluding hydrogens is 312 g/mol. The molecule has 1 aromatic rings. The molecule has 1 fully saturated rings. The number of halogens is 1. The summed E-state index contributed by atoms with van der Waals surface area (Å²) in [5.41, 5.74) is 0. The molecular formula is C11H13ClO5S2. The second kappa shape index (κ2) is 6.21. The highest BCUT2D eigenvalue weighted by molar-refractivity contribution is 8.15. The Morgan fingerprint density at radius 3 is 2.89 bits per heavy atom. The molecule has 106 valence electrons. The van der Waals surface area contributed by atoms with Gasteiger partial charge in [-0.15, -0.1) is 11.3 Å². The zero-order valence-corrected chi connectivity index (χ0v) is 12.4. The smallest absolute Gasteiger partial charge is 0.311 e. The van der Waals surface area contributed by atoms with Crippen molar-refractivity contribution in [1.29, 1.82) is 0 Å². The molecule has 1 aromatic heterocycles. The van der Waals surface area contributed by atoms with E-state index in [4.69, 9.17) is 20.2 Å². The summed E-state index contributed by atoms with van der Waals surface area (Å²) in [6.45, 7) is 0.967. The summed E-state index contributed by atoms with van der Waals surface area (Å²) in [6.07, 6.45) is 1.93. The maximum absolute atomic E-state index is 11.6. The predicted molar refractivity (Wildman–Crippen MR) is 71.0 cm³/mol. The first-order valence-corrected chi connectivity index (χ1v) is 8.88. The minimum Gasteiger partial charge on any atom is -0.463 e. The van der Waals surface area contributed by atoms with Crippen molar-refractivity contribution in [1.82, 2.24) is 0 Å². The Bertz CT molecular complexity index is 545.